The minimum atomic E-state index is -1.08. The Hall–Kier alpha value is -18.3. The lowest BCUT2D eigenvalue weighted by atomic mass is 9.93. The Labute approximate surface area is 819 Å². The van der Waals surface area contributed by atoms with Gasteiger partial charge >= 0.3 is 0 Å². The third-order valence-corrected chi connectivity index (χ3v) is 25.0. The number of pyridine rings is 11. The molecule has 0 spiro atoms. The molecule has 0 unspecified atom stereocenters. The second kappa shape index (κ2) is 40.3. The first-order chi connectivity index (χ1) is 69.3. The maximum Gasteiger partial charge on any atom is 0.262 e. The van der Waals surface area contributed by atoms with E-state index in [-0.39, 0.29) is 109 Å². The lowest BCUT2D eigenvalue weighted by Gasteiger charge is -2.21. The Morgan fingerprint density at radius 3 is 1.25 bits per heavy atom. The fraction of sp³-hybridized carbons (Fsp3) is 0.240. The predicted octanol–water partition coefficient (Wildman–Crippen LogP) is 14.2. The highest BCUT2D eigenvalue weighted by Gasteiger charge is 2.50. The second-order valence-corrected chi connectivity index (χ2v) is 36.1. The number of nitriles is 2. The fourth-order valence-electron chi connectivity index (χ4n) is 16.8. The number of carbonyl (C=O) groups is 7. The minimum absolute atomic E-state index is 0.0795. The van der Waals surface area contributed by atoms with Crippen LogP contribution in [0.1, 0.15) is 73.0 Å². The molecule has 15 aromatic rings. The van der Waals surface area contributed by atoms with Crippen LogP contribution in [0.4, 0.5) is 82.7 Å². The Balaban J connectivity index is 0.000000118. The first-order valence-electron chi connectivity index (χ1n) is 45.9. The highest BCUT2D eigenvalue weighted by atomic mass is 19.1. The molecule has 7 amide bonds. The molecule has 11 aromatic heterocycles. The molecule has 0 bridgehead atoms. The molecule has 144 heavy (non-hydrogen) atoms. The zero-order valence-electron chi connectivity index (χ0n) is 77.6. The largest absolute Gasteiger partial charge is 0.489 e. The van der Waals surface area contributed by atoms with Gasteiger partial charge in [0.2, 0.25) is 35.6 Å². The summed E-state index contributed by atoms with van der Waals surface area (Å²) in [5.41, 5.74) is 41.4. The molecule has 22 rings (SSSR count). The van der Waals surface area contributed by atoms with Gasteiger partial charge in [0.05, 0.1) is 99.2 Å². The van der Waals surface area contributed by atoms with E-state index in [4.69, 9.17) is 55.2 Å². The lowest BCUT2D eigenvalue weighted by molar-refractivity contribution is -0.119. The molecule has 13 heterocycles. The van der Waals surface area contributed by atoms with Crippen LogP contribution in [0.5, 0.6) is 11.5 Å². The molecule has 7 aliphatic rings. The topological polar surface area (TPSA) is 578 Å². The van der Waals surface area contributed by atoms with E-state index < -0.39 is 41.9 Å². The molecule has 4 aromatic carbocycles. The number of nitrogens with one attached hydrogen (secondary N) is 8. The monoisotopic (exact) mass is 1940 g/mol. The van der Waals surface area contributed by atoms with Gasteiger partial charge in [0, 0.05) is 125 Å². The molecule has 0 radical (unpaired) electrons. The van der Waals surface area contributed by atoms with Crippen LogP contribution in [-0.4, -0.2) is 158 Å². The van der Waals surface area contributed by atoms with Gasteiger partial charge in [-0.05, 0) is 175 Å². The second-order valence-electron chi connectivity index (χ2n) is 36.1. The number of halogens is 3. The van der Waals surface area contributed by atoms with Crippen molar-refractivity contribution in [2.45, 2.75) is 95.9 Å². The average molecular weight is 1940 g/mol. The van der Waals surface area contributed by atoms with Crippen molar-refractivity contribution < 1.29 is 61.3 Å². The number of amides is 7. The van der Waals surface area contributed by atoms with Gasteiger partial charge in [-0.3, -0.25) is 38.5 Å². The molecule has 2 aliphatic heterocycles. The number of carbonyl (C=O) groups excluding carboxylic acids is 7. The first-order valence-corrected chi connectivity index (χ1v) is 45.9. The number of hydrogen-bond donors (Lipinski definition) is 14. The van der Waals surface area contributed by atoms with E-state index in [9.17, 15) is 51.8 Å². The molecule has 5 saturated carbocycles. The van der Waals surface area contributed by atoms with Crippen molar-refractivity contribution in [2.75, 3.05) is 92.7 Å². The van der Waals surface area contributed by atoms with E-state index in [0.29, 0.717) is 167 Å². The summed E-state index contributed by atoms with van der Waals surface area (Å²) in [6, 6.07) is 48.4. The summed E-state index contributed by atoms with van der Waals surface area (Å²) >= 11 is 0. The fourth-order valence-corrected chi connectivity index (χ4v) is 16.8. The Bertz CT molecular complexity index is 7910. The average Bonchev–Trinajstić information content (AvgIpc) is 1.57. The maximum atomic E-state index is 13.1. The molecular weight excluding hydrogens is 1840 g/mol. The summed E-state index contributed by atoms with van der Waals surface area (Å²) in [7, 11) is 1.55. The molecule has 0 saturated heterocycles. The molecule has 19 N–H and O–H groups in total. The number of rotatable bonds is 19. The number of nitrogens with two attached hydrogens (primary N) is 5. The normalized spacial score (nSPS) is 18.6. The number of anilines is 12. The van der Waals surface area contributed by atoms with Crippen molar-refractivity contribution in [1.29, 1.82) is 10.5 Å². The number of benzene rings is 4. The van der Waals surface area contributed by atoms with Crippen LogP contribution in [0, 0.1) is 71.7 Å². The van der Waals surface area contributed by atoms with Gasteiger partial charge in [-0.2, -0.15) is 10.5 Å². The summed E-state index contributed by atoms with van der Waals surface area (Å²) < 4.78 is 50.7. The van der Waals surface area contributed by atoms with Crippen LogP contribution in [0.2, 0.25) is 0 Å². The Morgan fingerprint density at radius 2 is 0.861 bits per heavy atom. The van der Waals surface area contributed by atoms with Crippen LogP contribution in [0.3, 0.4) is 0 Å². The summed E-state index contributed by atoms with van der Waals surface area (Å²) in [6.45, 7) is 13.6. The Kier molecular flexibility index (Phi) is 26.9. The van der Waals surface area contributed by atoms with E-state index in [1.165, 1.54) is 18.6 Å². The number of nitrogen functional groups attached to an aromatic ring is 5. The zero-order valence-corrected chi connectivity index (χ0v) is 77.6. The van der Waals surface area contributed by atoms with E-state index >= 15 is 0 Å². The van der Waals surface area contributed by atoms with Gasteiger partial charge in [-0.15, -0.1) is 0 Å². The molecule has 5 fully saturated rings. The first kappa shape index (κ1) is 96.0. The number of alkyl halides is 3. The number of para-hydroxylation sites is 2. The van der Waals surface area contributed by atoms with E-state index in [1.807, 2.05) is 97.9 Å². The van der Waals surface area contributed by atoms with E-state index in [1.54, 1.807) is 100 Å². The lowest BCUT2D eigenvalue weighted by Crippen LogP contribution is -2.25. The van der Waals surface area contributed by atoms with Crippen molar-refractivity contribution in [2.24, 2.45) is 35.5 Å². The summed E-state index contributed by atoms with van der Waals surface area (Å²) in [4.78, 5) is 135. The van der Waals surface area contributed by atoms with Gasteiger partial charge in [-0.25, -0.2) is 69.6 Å². The van der Waals surface area contributed by atoms with E-state index in [2.05, 4.69) is 114 Å². The Morgan fingerprint density at radius 1 is 0.486 bits per heavy atom. The number of hydrogen-bond acceptors (Lipinski definition) is 29. The number of nitrogens with zero attached hydrogens (tertiary/aromatic N) is 14. The number of aliphatic hydroxyl groups is 1. The van der Waals surface area contributed by atoms with Crippen molar-refractivity contribution in [1.82, 2.24) is 60.1 Å². The standard InChI is InChI=1S/C23H23N5O2.C21H16N6O.C20H19FN6O2.C20H16FN5O3.C20H18FN5O2/c1-23(2,30)10-13-5-3-4-6-16(13)19-8-14-9-20(26-12-18(14)21(25)27-19)28-22(29)17-7-15(17)11-24;1-24-17-10-15(17)21(28)27-19-9-13-8-18(26-20(23)16(13)11-25-19)14-5-3-2-4-12(14)6-7-22;1-9-12(6-24-7-13(9)19(28)23-2)16-3-10-4-17(25-8-14(10)18(22)26-16)27-20(29)11-5-15(11)21;21-13-6-11(13)20(28)26-16-5-9-4-15(25-19(22)12(9)7-23-16)10-2-1-3-14-18(10)29-8-17(27)24-14;21-14-8-12(14)20(27)26-17-7-10-6-16(25-19(22)13(10)9-24-17)11-2-1-3-15-18(11)28-5-4-23-15/h3-6,8-9,12,15,17,30H,7,10H2,1-2H3,(H2,25,27)(H,26,28,29);2-5,8-9,11,15,17H,6,10H2,(H2,23,26)(H,25,27,28);3-4,6-8,11,15H,5H2,1-2H3,(H2,22,26)(H,23,28)(H,25,27,29);1-5,7,11,13H,6,8H2,(H2,22,25)(H,24,27)(H,23,26,28);1-3,6-7,9,12,14,23H,4-5,8H2,(H2,22,25)(H,24,26,27)/t15-,17+;15-,17-;11-,15+;11-,13+;12-,14+/m10111/s1. The molecule has 5 aliphatic carbocycles. The maximum absolute atomic E-state index is 13.1. The summed E-state index contributed by atoms with van der Waals surface area (Å²) in [5, 5.41) is 57.5. The van der Waals surface area contributed by atoms with Gasteiger partial charge in [0.1, 0.15) is 89.2 Å². The van der Waals surface area contributed by atoms with Gasteiger partial charge in [0.15, 0.2) is 18.1 Å². The zero-order chi connectivity index (χ0) is 101. The minimum Gasteiger partial charge on any atom is -0.489 e. The molecule has 724 valence electrons. The van der Waals surface area contributed by atoms with Crippen molar-refractivity contribution in [3.05, 3.63) is 223 Å². The van der Waals surface area contributed by atoms with Crippen molar-refractivity contribution in [3.8, 4) is 79.9 Å². The third kappa shape index (κ3) is 21.5. The highest BCUT2D eigenvalue weighted by Crippen LogP contribution is 2.46. The third-order valence-electron chi connectivity index (χ3n) is 25.0. The highest BCUT2D eigenvalue weighted by molar-refractivity contribution is 6.06. The van der Waals surface area contributed by atoms with Crippen LogP contribution in [-0.2, 0) is 41.6 Å². The molecule has 37 nitrogen and oxygen atoms in total. The van der Waals surface area contributed by atoms with E-state index in [0.717, 1.165) is 67.5 Å². The molecule has 40 heteroatoms. The molecule has 10 atom stereocenters. The summed E-state index contributed by atoms with van der Waals surface area (Å²) in [5.74, 6) is 0.158. The SMILES string of the molecule is CC(C)(O)Cc1ccccc1-c1cc2cc(NC(=O)[C@H]3C[C@@H]3C#N)ncc2c(N)n1.CNC(=O)c1cncc(-c2cc3cc(NC(=O)[C@@H]4C[C@@H]4F)ncc3c(N)n2)c1C.Nc1nc(-c2cccc3c2OCC(=O)N3)cc2cc(NC(=O)[C@@H]3C[C@@H]3F)ncc12.Nc1nc(-c2cccc3c2OCCN3)cc2cc(NC(=O)[C@@H]3C[C@@H]3F)ncc12.[C-]#[N+][C@H]1C[C@@H]1C(=O)Nc1cc2cc(-c3ccccc3CC#N)nc(N)c2cn1. The van der Waals surface area contributed by atoms with Crippen LogP contribution in [0.25, 0.3) is 115 Å². The van der Waals surface area contributed by atoms with Crippen molar-refractivity contribution >= 4 is 165 Å². The van der Waals surface area contributed by atoms with Crippen molar-refractivity contribution in [3.63, 3.8) is 0 Å². The van der Waals surface area contributed by atoms with Crippen LogP contribution >= 0.6 is 0 Å². The van der Waals surface area contributed by atoms with Crippen LogP contribution in [0.15, 0.2) is 189 Å². The molecular formula is C104H92F3N27O10. The van der Waals surface area contributed by atoms with Gasteiger partial charge in [-0.1, -0.05) is 60.7 Å². The predicted molar refractivity (Wildman–Crippen MR) is 538 cm³/mol. The number of ether oxygens (including phenoxy) is 2. The quantitative estimate of drug-likeness (QED) is 0.0334. The number of fused-ring (bicyclic) bond motifs is 7. The summed E-state index contributed by atoms with van der Waals surface area (Å²) in [6.07, 6.45) is 10.4. The number of aromatic nitrogens is 11. The van der Waals surface area contributed by atoms with Gasteiger partial charge in [0.25, 0.3) is 11.8 Å². The van der Waals surface area contributed by atoms with Gasteiger partial charge < -0.3 is 90.6 Å². The van der Waals surface area contributed by atoms with Crippen LogP contribution < -0.4 is 80.7 Å². The smallest absolute Gasteiger partial charge is 0.262 e.